The molecule has 1 aromatic carbocycles. The average molecular weight is 332 g/mol. The molecule has 0 fully saturated rings. The van der Waals surface area contributed by atoms with Gasteiger partial charge in [0.2, 0.25) is 11.8 Å². The van der Waals surface area contributed by atoms with Crippen LogP contribution in [0.15, 0.2) is 24.3 Å². The molecule has 0 aliphatic carbocycles. The van der Waals surface area contributed by atoms with Crippen molar-refractivity contribution in [1.82, 2.24) is 5.32 Å². The molecule has 0 saturated carbocycles. The number of nitrogens with one attached hydrogen (secondary N) is 2. The van der Waals surface area contributed by atoms with Crippen LogP contribution in [0.5, 0.6) is 0 Å². The third-order valence-electron chi connectivity index (χ3n) is 3.96. The molecule has 1 aromatic rings. The summed E-state index contributed by atoms with van der Waals surface area (Å²) < 4.78 is 0. The highest BCUT2D eigenvalue weighted by Gasteiger charge is 2.26. The molecule has 0 radical (unpaired) electrons. The number of ketones is 1. The van der Waals surface area contributed by atoms with E-state index in [0.717, 1.165) is 12.1 Å². The number of amides is 2. The lowest BCUT2D eigenvalue weighted by atomic mass is 9.93. The Hall–Kier alpha value is -2.17. The topological polar surface area (TPSA) is 75.3 Å². The van der Waals surface area contributed by atoms with Gasteiger partial charge < -0.3 is 10.6 Å². The first-order valence-electron chi connectivity index (χ1n) is 8.44. The number of hydrogen-bond acceptors (Lipinski definition) is 3. The molecule has 0 saturated heterocycles. The highest BCUT2D eigenvalue weighted by atomic mass is 16.2. The fraction of sp³-hybridized carbons (Fsp3) is 0.526. The van der Waals surface area contributed by atoms with Gasteiger partial charge in [-0.1, -0.05) is 39.8 Å². The van der Waals surface area contributed by atoms with Gasteiger partial charge in [-0.05, 0) is 30.0 Å². The highest BCUT2D eigenvalue weighted by molar-refractivity contribution is 5.97. The predicted molar refractivity (Wildman–Crippen MR) is 95.7 cm³/mol. The molecule has 1 unspecified atom stereocenters. The summed E-state index contributed by atoms with van der Waals surface area (Å²) >= 11 is 0. The van der Waals surface area contributed by atoms with Crippen molar-refractivity contribution in [2.24, 2.45) is 11.8 Å². The summed E-state index contributed by atoms with van der Waals surface area (Å²) in [7, 11) is 0. The summed E-state index contributed by atoms with van der Waals surface area (Å²) in [4.78, 5) is 35.9. The van der Waals surface area contributed by atoms with E-state index >= 15 is 0 Å². The minimum atomic E-state index is -0.554. The number of hydrogen-bond donors (Lipinski definition) is 2. The van der Waals surface area contributed by atoms with Crippen LogP contribution in [-0.2, 0) is 20.8 Å². The standard InChI is InChI=1S/C19H28N2O3/c1-6-15-7-9-16(10-8-15)21-19(24)13(4)11-17(23)18(12(2)3)20-14(5)22/h7-10,12-13,18H,6,11H2,1-5H3,(H,20,22)(H,21,24)/t13-,18?/m1/s1. The van der Waals surface area contributed by atoms with Gasteiger partial charge in [0.15, 0.2) is 5.78 Å². The SMILES string of the molecule is CCc1ccc(NC(=O)[C@H](C)CC(=O)C(NC(C)=O)C(C)C)cc1. The molecule has 0 bridgehead atoms. The van der Waals surface area contributed by atoms with E-state index < -0.39 is 12.0 Å². The van der Waals surface area contributed by atoms with E-state index in [1.54, 1.807) is 6.92 Å². The first-order valence-corrected chi connectivity index (χ1v) is 8.44. The molecular formula is C19H28N2O3. The van der Waals surface area contributed by atoms with Crippen molar-refractivity contribution in [2.75, 3.05) is 5.32 Å². The van der Waals surface area contributed by atoms with Gasteiger partial charge in [-0.3, -0.25) is 14.4 Å². The van der Waals surface area contributed by atoms with Crippen LogP contribution in [-0.4, -0.2) is 23.6 Å². The summed E-state index contributed by atoms with van der Waals surface area (Å²) in [6, 6.07) is 7.11. The van der Waals surface area contributed by atoms with E-state index in [9.17, 15) is 14.4 Å². The molecule has 5 nitrogen and oxygen atoms in total. The second kappa shape index (κ2) is 9.21. The first-order chi connectivity index (χ1) is 11.2. The van der Waals surface area contributed by atoms with Crippen molar-refractivity contribution < 1.29 is 14.4 Å². The molecule has 0 spiro atoms. The van der Waals surface area contributed by atoms with Gasteiger partial charge in [-0.15, -0.1) is 0 Å². The van der Waals surface area contributed by atoms with E-state index in [2.05, 4.69) is 17.6 Å². The second-order valence-electron chi connectivity index (χ2n) is 6.53. The van der Waals surface area contributed by atoms with Crippen LogP contribution < -0.4 is 10.6 Å². The molecule has 0 aliphatic rings. The molecule has 0 heterocycles. The third kappa shape index (κ3) is 6.14. The van der Waals surface area contributed by atoms with E-state index in [0.29, 0.717) is 0 Å². The fourth-order valence-electron chi connectivity index (χ4n) is 2.45. The van der Waals surface area contributed by atoms with Gasteiger partial charge in [0.1, 0.15) is 0 Å². The Labute approximate surface area is 144 Å². The monoisotopic (exact) mass is 332 g/mol. The lowest BCUT2D eigenvalue weighted by Crippen LogP contribution is -2.44. The number of anilines is 1. The zero-order chi connectivity index (χ0) is 18.3. The van der Waals surface area contributed by atoms with Crippen LogP contribution in [0, 0.1) is 11.8 Å². The molecule has 132 valence electrons. The number of Topliss-reactive ketones (excluding diaryl/α,β-unsaturated/α-hetero) is 1. The summed E-state index contributed by atoms with van der Waals surface area (Å²) in [5.41, 5.74) is 1.92. The quantitative estimate of drug-likeness (QED) is 0.768. The van der Waals surface area contributed by atoms with Crippen molar-refractivity contribution in [3.8, 4) is 0 Å². The maximum absolute atomic E-state index is 12.4. The van der Waals surface area contributed by atoms with Crippen molar-refractivity contribution in [2.45, 2.75) is 53.5 Å². The summed E-state index contributed by atoms with van der Waals surface area (Å²) in [6.45, 7) is 8.93. The average Bonchev–Trinajstić information content (AvgIpc) is 2.52. The van der Waals surface area contributed by atoms with E-state index in [1.165, 1.54) is 12.5 Å². The molecule has 5 heteroatoms. The van der Waals surface area contributed by atoms with Crippen molar-refractivity contribution in [3.63, 3.8) is 0 Å². The molecule has 0 aromatic heterocycles. The second-order valence-corrected chi connectivity index (χ2v) is 6.53. The minimum absolute atomic E-state index is 0.0155. The van der Waals surface area contributed by atoms with Crippen LogP contribution in [0.1, 0.15) is 46.6 Å². The zero-order valence-corrected chi connectivity index (χ0v) is 15.2. The Morgan fingerprint density at radius 1 is 1.04 bits per heavy atom. The van der Waals surface area contributed by atoms with Crippen LogP contribution in [0.4, 0.5) is 5.69 Å². The van der Waals surface area contributed by atoms with E-state index in [1.807, 2.05) is 38.1 Å². The van der Waals surface area contributed by atoms with Gasteiger partial charge in [0, 0.05) is 24.9 Å². The maximum atomic E-state index is 12.4. The summed E-state index contributed by atoms with van der Waals surface area (Å²) in [6.07, 6.45) is 1.04. The van der Waals surface area contributed by atoms with E-state index in [-0.39, 0.29) is 29.9 Å². The number of rotatable bonds is 8. The van der Waals surface area contributed by atoms with Crippen LogP contribution in [0.3, 0.4) is 0 Å². The normalized spacial score (nSPS) is 13.2. The van der Waals surface area contributed by atoms with Gasteiger partial charge >= 0.3 is 0 Å². The van der Waals surface area contributed by atoms with E-state index in [4.69, 9.17) is 0 Å². The Balaban J connectivity index is 2.64. The number of carbonyl (C=O) groups is 3. The molecule has 0 aliphatic heterocycles. The smallest absolute Gasteiger partial charge is 0.227 e. The molecule has 24 heavy (non-hydrogen) atoms. The molecule has 2 atom stereocenters. The highest BCUT2D eigenvalue weighted by Crippen LogP contribution is 2.15. The van der Waals surface area contributed by atoms with Gasteiger partial charge in [-0.2, -0.15) is 0 Å². The Morgan fingerprint density at radius 3 is 2.08 bits per heavy atom. The minimum Gasteiger partial charge on any atom is -0.346 e. The number of carbonyl (C=O) groups excluding carboxylic acids is 3. The third-order valence-corrected chi connectivity index (χ3v) is 3.96. The molecule has 1 rings (SSSR count). The first kappa shape index (κ1) is 19.9. The Kier molecular flexibility index (Phi) is 7.62. The maximum Gasteiger partial charge on any atom is 0.227 e. The van der Waals surface area contributed by atoms with Crippen LogP contribution >= 0.6 is 0 Å². The van der Waals surface area contributed by atoms with Crippen LogP contribution in [0.2, 0.25) is 0 Å². The lowest BCUT2D eigenvalue weighted by molar-refractivity contribution is -0.130. The van der Waals surface area contributed by atoms with Crippen molar-refractivity contribution in [3.05, 3.63) is 29.8 Å². The Morgan fingerprint density at radius 2 is 1.62 bits per heavy atom. The zero-order valence-electron chi connectivity index (χ0n) is 15.2. The predicted octanol–water partition coefficient (Wildman–Crippen LogP) is 2.94. The number of benzene rings is 1. The fourth-order valence-corrected chi connectivity index (χ4v) is 2.45. The summed E-state index contributed by atoms with van der Waals surface area (Å²) in [5, 5.41) is 5.49. The lowest BCUT2D eigenvalue weighted by Gasteiger charge is -2.22. The molecule has 2 N–H and O–H groups in total. The summed E-state index contributed by atoms with van der Waals surface area (Å²) in [5.74, 6) is -1.03. The largest absolute Gasteiger partial charge is 0.346 e. The van der Waals surface area contributed by atoms with Gasteiger partial charge in [-0.25, -0.2) is 0 Å². The number of aryl methyl sites for hydroxylation is 1. The molecular weight excluding hydrogens is 304 g/mol. The van der Waals surface area contributed by atoms with Gasteiger partial charge in [0.25, 0.3) is 0 Å². The van der Waals surface area contributed by atoms with Crippen LogP contribution in [0.25, 0.3) is 0 Å². The van der Waals surface area contributed by atoms with Crippen molar-refractivity contribution in [1.29, 1.82) is 0 Å². The van der Waals surface area contributed by atoms with Crippen molar-refractivity contribution >= 4 is 23.3 Å². The Bertz CT molecular complexity index is 579. The van der Waals surface area contributed by atoms with Gasteiger partial charge in [0.05, 0.1) is 6.04 Å². The molecule has 2 amide bonds.